The molecule has 3 unspecified atom stereocenters. The molecule has 1 aliphatic carbocycles. The van der Waals surface area contributed by atoms with Gasteiger partial charge in [-0.05, 0) is 43.6 Å². The second kappa shape index (κ2) is 10.4. The van der Waals surface area contributed by atoms with Gasteiger partial charge in [-0.15, -0.1) is 0 Å². The van der Waals surface area contributed by atoms with Crippen LogP contribution in [0.4, 0.5) is 13.2 Å². The van der Waals surface area contributed by atoms with Crippen molar-refractivity contribution >= 4 is 5.91 Å². The minimum atomic E-state index is -4.59. The second-order valence-corrected chi connectivity index (χ2v) is 9.84. The normalized spacial score (nSPS) is 20.2. The number of alkyl halides is 3. The van der Waals surface area contributed by atoms with E-state index < -0.39 is 23.7 Å². The van der Waals surface area contributed by atoms with E-state index in [-0.39, 0.29) is 41.5 Å². The summed E-state index contributed by atoms with van der Waals surface area (Å²) in [7, 11) is 3.38. The lowest BCUT2D eigenvalue weighted by atomic mass is 9.72. The van der Waals surface area contributed by atoms with Crippen molar-refractivity contribution < 1.29 is 18.0 Å². The van der Waals surface area contributed by atoms with Crippen molar-refractivity contribution in [1.82, 2.24) is 28.8 Å². The zero-order valence-corrected chi connectivity index (χ0v) is 21.1. The van der Waals surface area contributed by atoms with Crippen LogP contribution in [0.2, 0.25) is 0 Å². The molecule has 0 aromatic carbocycles. The van der Waals surface area contributed by atoms with E-state index >= 15 is 0 Å². The Labute approximate surface area is 212 Å². The number of nitrogens with one attached hydrogen (secondary N) is 2. The van der Waals surface area contributed by atoms with Crippen LogP contribution in [-0.4, -0.2) is 29.4 Å². The van der Waals surface area contributed by atoms with Crippen LogP contribution in [0.1, 0.15) is 48.9 Å². The van der Waals surface area contributed by atoms with Crippen molar-refractivity contribution in [2.45, 2.75) is 57.9 Å². The molecule has 3 aromatic rings. The molecule has 0 spiro atoms. The van der Waals surface area contributed by atoms with E-state index in [1.165, 1.54) is 21.5 Å². The second-order valence-electron chi connectivity index (χ2n) is 9.84. The summed E-state index contributed by atoms with van der Waals surface area (Å²) in [4.78, 5) is 24.9. The molecule has 12 heteroatoms. The topological polar surface area (TPSA) is 103 Å². The van der Waals surface area contributed by atoms with E-state index in [0.717, 1.165) is 5.56 Å². The molecule has 1 fully saturated rings. The van der Waals surface area contributed by atoms with Crippen molar-refractivity contribution in [3.05, 3.63) is 69.7 Å². The third-order valence-electron chi connectivity index (χ3n) is 7.14. The minimum Gasteiger partial charge on any atom is -0.352 e. The summed E-state index contributed by atoms with van der Waals surface area (Å²) < 4.78 is 47.7. The van der Waals surface area contributed by atoms with Gasteiger partial charge in [-0.2, -0.15) is 18.3 Å². The van der Waals surface area contributed by atoms with E-state index in [1.54, 1.807) is 54.8 Å². The van der Waals surface area contributed by atoms with Gasteiger partial charge in [0.2, 0.25) is 17.1 Å². The van der Waals surface area contributed by atoms with Crippen molar-refractivity contribution in [2.24, 2.45) is 25.9 Å². The smallest absolute Gasteiger partial charge is 0.352 e. The average Bonchev–Trinajstić information content (AvgIpc) is 3.44. The van der Waals surface area contributed by atoms with Crippen LogP contribution in [0.5, 0.6) is 0 Å². The Morgan fingerprint density at radius 2 is 1.89 bits per heavy atom. The van der Waals surface area contributed by atoms with E-state index in [4.69, 9.17) is 5.41 Å². The molecular formula is C25H32F3N7O2. The van der Waals surface area contributed by atoms with E-state index in [1.807, 2.05) is 0 Å². The molecule has 0 bridgehead atoms. The predicted octanol–water partition coefficient (Wildman–Crippen LogP) is 2.76. The number of nitrogens with zero attached hydrogens (tertiary/aromatic N) is 5. The number of carbonyl (C=O) groups is 1. The number of carbonyl (C=O) groups excluding carboxylic acids is 1. The first-order chi connectivity index (χ1) is 17.5. The molecule has 1 saturated carbocycles. The number of hydrogen-bond donors (Lipinski definition) is 2. The fraction of sp³-hybridized carbons (Fsp3) is 0.520. The maximum atomic E-state index is 13.9. The summed E-state index contributed by atoms with van der Waals surface area (Å²) in [5.41, 5.74) is 0.111. The first-order valence-electron chi connectivity index (χ1n) is 12.3. The lowest BCUT2D eigenvalue weighted by Gasteiger charge is -2.34. The fourth-order valence-electron chi connectivity index (χ4n) is 5.21. The number of pyridine rings is 1. The number of hydrogen-bond acceptors (Lipinski definition) is 4. The fourth-order valence-corrected chi connectivity index (χ4v) is 5.21. The Morgan fingerprint density at radius 1 is 1.14 bits per heavy atom. The number of imidazole rings is 1. The third-order valence-corrected chi connectivity index (χ3v) is 7.14. The highest BCUT2D eigenvalue weighted by atomic mass is 19.4. The monoisotopic (exact) mass is 519 g/mol. The van der Waals surface area contributed by atoms with Gasteiger partial charge in [-0.1, -0.05) is 6.07 Å². The maximum Gasteiger partial charge on any atom is 0.435 e. The van der Waals surface area contributed by atoms with Crippen LogP contribution in [-0.2, 0) is 44.7 Å². The van der Waals surface area contributed by atoms with E-state index in [2.05, 4.69) is 10.4 Å². The predicted molar refractivity (Wildman–Crippen MR) is 129 cm³/mol. The first-order valence-corrected chi connectivity index (χ1v) is 12.3. The highest BCUT2D eigenvalue weighted by molar-refractivity contribution is 5.78. The van der Waals surface area contributed by atoms with Gasteiger partial charge in [0.25, 0.3) is 0 Å². The highest BCUT2D eigenvalue weighted by Crippen LogP contribution is 2.44. The van der Waals surface area contributed by atoms with Gasteiger partial charge in [0.05, 0.1) is 0 Å². The molecule has 3 atom stereocenters. The highest BCUT2D eigenvalue weighted by Gasteiger charge is 2.42. The van der Waals surface area contributed by atoms with Gasteiger partial charge in [-0.3, -0.25) is 19.7 Å². The standard InChI is InChI=1S/C25H32F3N7O2/c1-4-35-15-20(22(31-35)25(26,27)28)18-9-17(14-34-8-7-32(2)24(34)29)10-19(11-18)23(37)30-12-16-5-6-21(36)33(3)13-16/h5-8,13,15,17-19,29H,4,9-12,14H2,1-3H3,(H,30,37). The van der Waals surface area contributed by atoms with E-state index in [0.29, 0.717) is 25.9 Å². The van der Waals surface area contributed by atoms with Crippen molar-refractivity contribution in [3.8, 4) is 0 Å². The molecular weight excluding hydrogens is 487 g/mol. The quantitative estimate of drug-likeness (QED) is 0.502. The zero-order valence-electron chi connectivity index (χ0n) is 21.1. The number of rotatable bonds is 7. The van der Waals surface area contributed by atoms with Crippen molar-refractivity contribution in [2.75, 3.05) is 0 Å². The molecule has 9 nitrogen and oxygen atoms in total. The number of aromatic nitrogens is 5. The van der Waals surface area contributed by atoms with Gasteiger partial charge in [-0.25, -0.2) is 0 Å². The lowest BCUT2D eigenvalue weighted by molar-refractivity contribution is -0.142. The Morgan fingerprint density at radius 3 is 2.51 bits per heavy atom. The third kappa shape index (κ3) is 5.89. The molecule has 1 aliphatic rings. The lowest BCUT2D eigenvalue weighted by Crippen LogP contribution is -2.37. The Balaban J connectivity index is 1.59. The van der Waals surface area contributed by atoms with Crippen LogP contribution < -0.4 is 16.5 Å². The molecule has 0 aliphatic heterocycles. The Kier molecular flexibility index (Phi) is 7.47. The molecule has 3 heterocycles. The summed E-state index contributed by atoms with van der Waals surface area (Å²) in [6, 6.07) is 3.07. The van der Waals surface area contributed by atoms with Crippen LogP contribution in [0.25, 0.3) is 0 Å². The molecule has 37 heavy (non-hydrogen) atoms. The van der Waals surface area contributed by atoms with Crippen LogP contribution in [0, 0.1) is 17.2 Å². The molecule has 200 valence electrons. The molecule has 0 radical (unpaired) electrons. The average molecular weight is 520 g/mol. The SMILES string of the molecule is CCn1cc(C2CC(Cn3ccn(C)c3=N)CC(C(=O)NCc3ccc(=O)n(C)c3)C2)c(C(F)(F)F)n1. The summed E-state index contributed by atoms with van der Waals surface area (Å²) in [6.45, 7) is 2.69. The molecule has 2 N–H and O–H groups in total. The number of amides is 1. The summed E-state index contributed by atoms with van der Waals surface area (Å²) in [6.07, 6.45) is 3.29. The molecule has 1 amide bonds. The van der Waals surface area contributed by atoms with Crippen LogP contribution in [0.15, 0.2) is 41.7 Å². The van der Waals surface area contributed by atoms with Gasteiger partial charge < -0.3 is 19.0 Å². The molecule has 0 saturated heterocycles. The van der Waals surface area contributed by atoms with Crippen LogP contribution >= 0.6 is 0 Å². The minimum absolute atomic E-state index is 0.102. The van der Waals surface area contributed by atoms with Crippen LogP contribution in [0.3, 0.4) is 0 Å². The summed E-state index contributed by atoms with van der Waals surface area (Å²) in [5, 5.41) is 14.9. The van der Waals surface area contributed by atoms with E-state index in [9.17, 15) is 22.8 Å². The Bertz CT molecular complexity index is 1380. The first kappa shape index (κ1) is 26.5. The van der Waals surface area contributed by atoms with Gasteiger partial charge >= 0.3 is 6.18 Å². The maximum absolute atomic E-state index is 13.9. The Hall–Kier alpha value is -3.57. The largest absolute Gasteiger partial charge is 0.435 e. The van der Waals surface area contributed by atoms with Crippen molar-refractivity contribution in [3.63, 3.8) is 0 Å². The van der Waals surface area contributed by atoms with Gasteiger partial charge in [0, 0.05) is 76.1 Å². The molecule has 4 rings (SSSR count). The summed E-state index contributed by atoms with van der Waals surface area (Å²) in [5.74, 6) is -1.33. The van der Waals surface area contributed by atoms with Crippen molar-refractivity contribution in [1.29, 1.82) is 5.41 Å². The number of halogens is 3. The van der Waals surface area contributed by atoms with Gasteiger partial charge in [0.15, 0.2) is 5.69 Å². The zero-order chi connectivity index (χ0) is 26.9. The summed E-state index contributed by atoms with van der Waals surface area (Å²) >= 11 is 0. The van der Waals surface area contributed by atoms with Gasteiger partial charge in [0.1, 0.15) is 0 Å². The number of aryl methyl sites for hydroxylation is 3. The molecule has 3 aromatic heterocycles.